The lowest BCUT2D eigenvalue weighted by Crippen LogP contribution is -1.81. The molecule has 0 saturated carbocycles. The number of aromatic nitrogens is 1. The fraction of sp³-hybridized carbons (Fsp3) is 0. The zero-order valence-electron chi connectivity index (χ0n) is 4.99. The molecule has 0 radical (unpaired) electrons. The second-order valence-electron chi connectivity index (χ2n) is 1.24. The highest BCUT2D eigenvalue weighted by atomic mass is 35.5. The Labute approximate surface area is 76.2 Å². The van der Waals surface area contributed by atoms with Gasteiger partial charge >= 0.3 is 6.16 Å². The van der Waals surface area contributed by atoms with Crippen molar-refractivity contribution in [2.75, 3.05) is 0 Å². The van der Waals surface area contributed by atoms with E-state index in [0.717, 1.165) is 0 Å². The van der Waals surface area contributed by atoms with Crippen molar-refractivity contribution in [1.82, 2.24) is 4.37 Å². The Kier molecular flexibility index (Phi) is 4.93. The first-order chi connectivity index (χ1) is 5.04. The smallest absolute Gasteiger partial charge is 0.450 e. The number of carbonyl (C=O) groups is 1. The summed E-state index contributed by atoms with van der Waals surface area (Å²) in [5.41, 5.74) is 0. The van der Waals surface area contributed by atoms with Gasteiger partial charge in [-0.2, -0.15) is 4.37 Å². The molecule has 4 nitrogen and oxygen atoms in total. The van der Waals surface area contributed by atoms with Gasteiger partial charge in [0.15, 0.2) is 5.15 Å². The Balaban J connectivity index is 0.000000218. The SMILES string of the molecule is Clc1csnc1Cl.O=C(O)O. The second kappa shape index (κ2) is 5.17. The third-order valence-electron chi connectivity index (χ3n) is 0.486. The van der Waals surface area contributed by atoms with Gasteiger partial charge in [0.1, 0.15) is 0 Å². The summed E-state index contributed by atoms with van der Waals surface area (Å²) in [5, 5.41) is 16.6. The van der Waals surface area contributed by atoms with Crippen molar-refractivity contribution >= 4 is 40.9 Å². The van der Waals surface area contributed by atoms with Crippen molar-refractivity contribution in [1.29, 1.82) is 0 Å². The van der Waals surface area contributed by atoms with Crippen molar-refractivity contribution in [2.24, 2.45) is 0 Å². The molecule has 1 aromatic heterocycles. The lowest BCUT2D eigenvalue weighted by atomic mass is 10.8. The van der Waals surface area contributed by atoms with Gasteiger partial charge in [-0.1, -0.05) is 23.2 Å². The van der Waals surface area contributed by atoms with Crippen LogP contribution in [0.5, 0.6) is 0 Å². The highest BCUT2D eigenvalue weighted by molar-refractivity contribution is 7.04. The highest BCUT2D eigenvalue weighted by Crippen LogP contribution is 2.20. The number of halogens is 2. The average Bonchev–Trinajstić information content (AvgIpc) is 2.15. The number of hydrogen-bond acceptors (Lipinski definition) is 3. The third kappa shape index (κ3) is 5.90. The van der Waals surface area contributed by atoms with Crippen LogP contribution < -0.4 is 0 Å². The monoisotopic (exact) mass is 215 g/mol. The molecule has 0 aliphatic heterocycles. The maximum Gasteiger partial charge on any atom is 0.503 e. The van der Waals surface area contributed by atoms with Gasteiger partial charge in [-0.15, -0.1) is 0 Å². The Morgan fingerprint density at radius 2 is 2.00 bits per heavy atom. The van der Waals surface area contributed by atoms with Gasteiger partial charge in [0.05, 0.1) is 5.02 Å². The van der Waals surface area contributed by atoms with Gasteiger partial charge in [0.2, 0.25) is 0 Å². The van der Waals surface area contributed by atoms with Gasteiger partial charge in [0.25, 0.3) is 0 Å². The number of hydrogen-bond donors (Lipinski definition) is 2. The summed E-state index contributed by atoms with van der Waals surface area (Å²) < 4.78 is 3.69. The minimum Gasteiger partial charge on any atom is -0.450 e. The molecule has 1 rings (SSSR count). The van der Waals surface area contributed by atoms with Crippen LogP contribution in [0.15, 0.2) is 5.38 Å². The number of nitrogens with zero attached hydrogens (tertiary/aromatic N) is 1. The summed E-state index contributed by atoms with van der Waals surface area (Å²) in [5.74, 6) is 0. The van der Waals surface area contributed by atoms with Crippen LogP contribution in [-0.2, 0) is 0 Å². The predicted molar refractivity (Wildman–Crippen MR) is 42.8 cm³/mol. The van der Waals surface area contributed by atoms with Crippen molar-refractivity contribution in [3.63, 3.8) is 0 Å². The lowest BCUT2D eigenvalue weighted by molar-refractivity contribution is 0.137. The van der Waals surface area contributed by atoms with E-state index in [4.69, 9.17) is 38.2 Å². The fourth-order valence-electron chi connectivity index (χ4n) is 0.211. The number of carboxylic acid groups (broad SMARTS) is 2. The molecule has 7 heteroatoms. The molecular weight excluding hydrogens is 213 g/mol. The Morgan fingerprint density at radius 1 is 1.55 bits per heavy atom. The van der Waals surface area contributed by atoms with Crippen LogP contribution in [0.2, 0.25) is 10.2 Å². The van der Waals surface area contributed by atoms with Crippen LogP contribution in [0.4, 0.5) is 4.79 Å². The fourth-order valence-corrected chi connectivity index (χ4v) is 1.11. The van der Waals surface area contributed by atoms with E-state index in [-0.39, 0.29) is 0 Å². The zero-order valence-corrected chi connectivity index (χ0v) is 7.32. The van der Waals surface area contributed by atoms with E-state index < -0.39 is 6.16 Å². The molecule has 0 spiro atoms. The van der Waals surface area contributed by atoms with Crippen LogP contribution in [-0.4, -0.2) is 20.7 Å². The zero-order chi connectivity index (χ0) is 8.85. The first-order valence-electron chi connectivity index (χ1n) is 2.21. The third-order valence-corrected chi connectivity index (χ3v) is 2.02. The molecule has 0 fully saturated rings. The molecule has 0 aromatic carbocycles. The molecule has 2 N–H and O–H groups in total. The van der Waals surface area contributed by atoms with Crippen molar-refractivity contribution < 1.29 is 15.0 Å². The van der Waals surface area contributed by atoms with Gasteiger partial charge in [0, 0.05) is 5.38 Å². The minimum atomic E-state index is -1.83. The van der Waals surface area contributed by atoms with Crippen molar-refractivity contribution in [3.8, 4) is 0 Å². The largest absolute Gasteiger partial charge is 0.503 e. The summed E-state index contributed by atoms with van der Waals surface area (Å²) >= 11 is 12.1. The summed E-state index contributed by atoms with van der Waals surface area (Å²) in [6.07, 6.45) is -1.83. The maximum atomic E-state index is 8.56. The normalized spacial score (nSPS) is 8.18. The van der Waals surface area contributed by atoms with Crippen LogP contribution >= 0.6 is 34.7 Å². The van der Waals surface area contributed by atoms with Gasteiger partial charge in [-0.3, -0.25) is 0 Å². The van der Waals surface area contributed by atoms with Crippen molar-refractivity contribution in [2.45, 2.75) is 0 Å². The summed E-state index contributed by atoms with van der Waals surface area (Å²) in [6, 6.07) is 0. The Hall–Kier alpha value is -0.520. The number of rotatable bonds is 0. The topological polar surface area (TPSA) is 70.4 Å². The van der Waals surface area contributed by atoms with Crippen molar-refractivity contribution in [3.05, 3.63) is 15.6 Å². The molecule has 11 heavy (non-hydrogen) atoms. The molecule has 1 aromatic rings. The van der Waals surface area contributed by atoms with E-state index in [1.807, 2.05) is 0 Å². The first-order valence-corrected chi connectivity index (χ1v) is 3.80. The van der Waals surface area contributed by atoms with Gasteiger partial charge < -0.3 is 10.2 Å². The molecule has 0 atom stereocenters. The van der Waals surface area contributed by atoms with E-state index in [0.29, 0.717) is 10.2 Å². The molecule has 0 unspecified atom stereocenters. The average molecular weight is 216 g/mol. The van der Waals surface area contributed by atoms with Crippen LogP contribution in [0.25, 0.3) is 0 Å². The second-order valence-corrected chi connectivity index (χ2v) is 2.63. The predicted octanol–water partition coefficient (Wildman–Crippen LogP) is 2.67. The quantitative estimate of drug-likeness (QED) is 0.699. The highest BCUT2D eigenvalue weighted by Gasteiger charge is 1.94. The molecule has 0 aliphatic rings. The molecule has 0 saturated heterocycles. The molecule has 0 amide bonds. The maximum absolute atomic E-state index is 8.56. The molecule has 0 aliphatic carbocycles. The molecule has 1 heterocycles. The van der Waals surface area contributed by atoms with E-state index in [2.05, 4.69) is 4.37 Å². The van der Waals surface area contributed by atoms with Gasteiger partial charge in [-0.25, -0.2) is 4.79 Å². The van der Waals surface area contributed by atoms with E-state index >= 15 is 0 Å². The summed E-state index contributed by atoms with van der Waals surface area (Å²) in [4.78, 5) is 8.56. The van der Waals surface area contributed by atoms with Crippen LogP contribution in [0.3, 0.4) is 0 Å². The molecule has 0 bridgehead atoms. The van der Waals surface area contributed by atoms with E-state index in [1.165, 1.54) is 11.5 Å². The van der Waals surface area contributed by atoms with Crippen LogP contribution in [0, 0.1) is 0 Å². The van der Waals surface area contributed by atoms with Crippen LogP contribution in [0.1, 0.15) is 0 Å². The summed E-state index contributed by atoms with van der Waals surface area (Å²) in [7, 11) is 0. The first kappa shape index (κ1) is 10.5. The lowest BCUT2D eigenvalue weighted by Gasteiger charge is -1.71. The van der Waals surface area contributed by atoms with E-state index in [1.54, 1.807) is 5.38 Å². The summed E-state index contributed by atoms with van der Waals surface area (Å²) in [6.45, 7) is 0. The standard InChI is InChI=1S/C3HCl2NS.CH2O3/c4-2-1-7-6-3(2)5;2-1(3)4/h1H;(H2,2,3,4). The molecule has 62 valence electrons. The van der Waals surface area contributed by atoms with E-state index in [9.17, 15) is 0 Å². The Bertz CT molecular complexity index is 218. The van der Waals surface area contributed by atoms with Gasteiger partial charge in [-0.05, 0) is 11.5 Å². The molecular formula is C4H3Cl2NO3S. The minimum absolute atomic E-state index is 0.395. The Morgan fingerprint density at radius 3 is 2.09 bits per heavy atom.